The smallest absolute Gasteiger partial charge is 0.124 e. The van der Waals surface area contributed by atoms with Gasteiger partial charge in [0.25, 0.3) is 0 Å². The molecule has 4 aliphatic carbocycles. The first kappa shape index (κ1) is 15.8. The van der Waals surface area contributed by atoms with Crippen molar-refractivity contribution in [3.05, 3.63) is 94.5 Å². The van der Waals surface area contributed by atoms with Crippen molar-refractivity contribution >= 4 is 5.69 Å². The van der Waals surface area contributed by atoms with E-state index in [0.717, 1.165) is 42.5 Å². The van der Waals surface area contributed by atoms with E-state index in [9.17, 15) is 5.11 Å². The molecule has 0 atom stereocenters. The summed E-state index contributed by atoms with van der Waals surface area (Å²) in [5.41, 5.74) is 7.07. The molecule has 0 saturated carbocycles. The van der Waals surface area contributed by atoms with Crippen LogP contribution in [0.4, 0.5) is 5.69 Å². The van der Waals surface area contributed by atoms with Crippen LogP contribution in [0.3, 0.4) is 0 Å². The maximum atomic E-state index is 10.9. The van der Waals surface area contributed by atoms with Crippen LogP contribution >= 0.6 is 0 Å². The molecule has 0 aromatic heterocycles. The van der Waals surface area contributed by atoms with Crippen LogP contribution in [-0.2, 0) is 32.2 Å². The SMILES string of the molecule is Oc1c2ccc(c1CNc1ccccc1)CCc1ccc(cc1)CC2. The van der Waals surface area contributed by atoms with Gasteiger partial charge in [-0.25, -0.2) is 0 Å². The first-order valence-electron chi connectivity index (χ1n) is 8.99. The molecule has 0 amide bonds. The van der Waals surface area contributed by atoms with Crippen LogP contribution in [-0.4, -0.2) is 5.11 Å². The van der Waals surface area contributed by atoms with Crippen molar-refractivity contribution < 1.29 is 5.11 Å². The first-order chi connectivity index (χ1) is 12.3. The van der Waals surface area contributed by atoms with Gasteiger partial charge in [-0.1, -0.05) is 54.6 Å². The summed E-state index contributed by atoms with van der Waals surface area (Å²) in [6.45, 7) is 0.649. The van der Waals surface area contributed by atoms with Crippen LogP contribution in [0.1, 0.15) is 27.8 Å². The van der Waals surface area contributed by atoms with Crippen molar-refractivity contribution in [3.63, 3.8) is 0 Å². The summed E-state index contributed by atoms with van der Waals surface area (Å²) in [5, 5.41) is 14.3. The first-order valence-corrected chi connectivity index (χ1v) is 8.99. The third kappa shape index (κ3) is 3.53. The number of para-hydroxylation sites is 1. The topological polar surface area (TPSA) is 32.3 Å². The van der Waals surface area contributed by atoms with Gasteiger partial charge in [-0.15, -0.1) is 0 Å². The van der Waals surface area contributed by atoms with Crippen molar-refractivity contribution in [2.45, 2.75) is 32.2 Å². The van der Waals surface area contributed by atoms with Gasteiger partial charge in [-0.2, -0.15) is 0 Å². The number of aryl methyl sites for hydroxylation is 4. The van der Waals surface area contributed by atoms with Gasteiger partial charge in [0.05, 0.1) is 0 Å². The minimum absolute atomic E-state index is 0.468. The van der Waals surface area contributed by atoms with Gasteiger partial charge in [0, 0.05) is 17.8 Å². The molecule has 126 valence electrons. The molecule has 4 aliphatic rings. The highest BCUT2D eigenvalue weighted by Gasteiger charge is 2.14. The average molecular weight is 329 g/mol. The molecular formula is C23H23NO. The monoisotopic (exact) mass is 329 g/mol. The Morgan fingerprint density at radius 3 is 1.96 bits per heavy atom. The van der Waals surface area contributed by atoms with Crippen molar-refractivity contribution in [1.82, 2.24) is 0 Å². The van der Waals surface area contributed by atoms with Crippen molar-refractivity contribution in [2.24, 2.45) is 0 Å². The largest absolute Gasteiger partial charge is 0.507 e. The molecule has 0 aliphatic heterocycles. The summed E-state index contributed by atoms with van der Waals surface area (Å²) in [4.78, 5) is 0. The number of hydrogen-bond donors (Lipinski definition) is 2. The fourth-order valence-electron chi connectivity index (χ4n) is 3.54. The zero-order valence-corrected chi connectivity index (χ0v) is 14.3. The normalized spacial score (nSPS) is 13.3. The molecule has 0 unspecified atom stereocenters. The lowest BCUT2D eigenvalue weighted by molar-refractivity contribution is 0.460. The van der Waals surface area contributed by atoms with E-state index in [2.05, 4.69) is 53.8 Å². The van der Waals surface area contributed by atoms with Gasteiger partial charge in [-0.3, -0.25) is 0 Å². The van der Waals surface area contributed by atoms with Gasteiger partial charge in [0.2, 0.25) is 0 Å². The van der Waals surface area contributed by atoms with E-state index in [0.29, 0.717) is 12.3 Å². The van der Waals surface area contributed by atoms with Gasteiger partial charge in [0.15, 0.2) is 0 Å². The molecule has 2 heteroatoms. The Morgan fingerprint density at radius 2 is 1.28 bits per heavy atom. The van der Waals surface area contributed by atoms with E-state index in [1.54, 1.807) is 0 Å². The van der Waals surface area contributed by atoms with Crippen LogP contribution < -0.4 is 5.32 Å². The molecule has 3 aromatic carbocycles. The predicted octanol–water partition coefficient (Wildman–Crippen LogP) is 4.89. The lowest BCUT2D eigenvalue weighted by Gasteiger charge is -2.18. The number of nitrogens with one attached hydrogen (secondary N) is 1. The Hall–Kier alpha value is -2.74. The fraction of sp³-hybridized carbons (Fsp3) is 0.217. The Morgan fingerprint density at radius 1 is 0.680 bits per heavy atom. The summed E-state index contributed by atoms with van der Waals surface area (Å²) >= 11 is 0. The Balaban J connectivity index is 1.65. The molecular weight excluding hydrogens is 306 g/mol. The highest BCUT2D eigenvalue weighted by Crippen LogP contribution is 2.30. The van der Waals surface area contributed by atoms with Crippen molar-refractivity contribution in [2.75, 3.05) is 5.32 Å². The quantitative estimate of drug-likeness (QED) is 0.717. The van der Waals surface area contributed by atoms with Crippen molar-refractivity contribution in [3.8, 4) is 5.75 Å². The zero-order chi connectivity index (χ0) is 17.1. The predicted molar refractivity (Wildman–Crippen MR) is 103 cm³/mol. The molecule has 0 heterocycles. The Bertz CT molecular complexity index is 853. The molecule has 2 nitrogen and oxygen atoms in total. The minimum atomic E-state index is 0.468. The summed E-state index contributed by atoms with van der Waals surface area (Å²) in [6, 6.07) is 23.4. The molecule has 0 fully saturated rings. The van der Waals surface area contributed by atoms with Gasteiger partial charge >= 0.3 is 0 Å². The number of phenolic OH excluding ortho intramolecular Hbond substituents is 1. The van der Waals surface area contributed by atoms with Crippen molar-refractivity contribution in [1.29, 1.82) is 0 Å². The van der Waals surface area contributed by atoms with Crippen LogP contribution in [0.5, 0.6) is 5.75 Å². The van der Waals surface area contributed by atoms with Gasteiger partial charge < -0.3 is 10.4 Å². The molecule has 0 spiro atoms. The van der Waals surface area contributed by atoms with E-state index < -0.39 is 0 Å². The maximum absolute atomic E-state index is 10.9. The number of hydrogen-bond acceptors (Lipinski definition) is 2. The molecule has 7 rings (SSSR count). The third-order valence-corrected chi connectivity index (χ3v) is 5.10. The molecule has 25 heavy (non-hydrogen) atoms. The summed E-state index contributed by atoms with van der Waals surface area (Å²) < 4.78 is 0. The maximum Gasteiger partial charge on any atom is 0.124 e. The zero-order valence-electron chi connectivity index (χ0n) is 14.3. The summed E-state index contributed by atoms with van der Waals surface area (Å²) in [7, 11) is 0. The van der Waals surface area contributed by atoms with Crippen LogP contribution in [0, 0.1) is 0 Å². The van der Waals surface area contributed by atoms with Gasteiger partial charge in [-0.05, 0) is 60.1 Å². The standard InChI is InChI=1S/C23H23NO/c25-23-20-13-11-18-8-6-17(7-9-18)10-12-19(14-15-20)22(23)16-24-21-4-2-1-3-5-21/h1-9,14-15,24-25H,10-13,16H2. The second kappa shape index (κ2) is 7.02. The lowest BCUT2D eigenvalue weighted by Crippen LogP contribution is -2.07. The number of benzene rings is 3. The number of phenols is 1. The Kier molecular flexibility index (Phi) is 4.43. The summed E-state index contributed by atoms with van der Waals surface area (Å²) in [5.74, 6) is 0.468. The second-order valence-electron chi connectivity index (χ2n) is 6.75. The highest BCUT2D eigenvalue weighted by atomic mass is 16.3. The molecule has 0 saturated heterocycles. The minimum Gasteiger partial charge on any atom is -0.507 e. The highest BCUT2D eigenvalue weighted by molar-refractivity contribution is 5.50. The van der Waals surface area contributed by atoms with Crippen LogP contribution in [0.2, 0.25) is 0 Å². The van der Waals surface area contributed by atoms with E-state index in [1.165, 1.54) is 16.7 Å². The Labute approximate surface area is 149 Å². The third-order valence-electron chi connectivity index (χ3n) is 5.10. The second-order valence-corrected chi connectivity index (χ2v) is 6.75. The van der Waals surface area contributed by atoms with Crippen LogP contribution in [0.15, 0.2) is 66.7 Å². The van der Waals surface area contributed by atoms with Gasteiger partial charge in [0.1, 0.15) is 5.75 Å². The van der Waals surface area contributed by atoms with E-state index in [1.807, 2.05) is 18.2 Å². The lowest BCUT2D eigenvalue weighted by atomic mass is 9.92. The molecule has 3 aromatic rings. The molecule has 0 radical (unpaired) electrons. The van der Waals surface area contributed by atoms with E-state index in [-0.39, 0.29) is 0 Å². The number of anilines is 1. The van der Waals surface area contributed by atoms with E-state index in [4.69, 9.17) is 0 Å². The number of rotatable bonds is 3. The number of aromatic hydroxyl groups is 1. The molecule has 2 N–H and O–H groups in total. The fourth-order valence-corrected chi connectivity index (χ4v) is 3.54. The molecule has 4 bridgehead atoms. The summed E-state index contributed by atoms with van der Waals surface area (Å²) in [6.07, 6.45) is 3.76. The van der Waals surface area contributed by atoms with E-state index >= 15 is 0 Å². The van der Waals surface area contributed by atoms with Crippen LogP contribution in [0.25, 0.3) is 0 Å². The average Bonchev–Trinajstić information content (AvgIpc) is 2.65.